The van der Waals surface area contributed by atoms with Crippen molar-refractivity contribution in [2.75, 3.05) is 14.2 Å². The van der Waals surface area contributed by atoms with Crippen LogP contribution in [-0.4, -0.2) is 37.2 Å². The van der Waals surface area contributed by atoms with Crippen molar-refractivity contribution < 1.29 is 4.74 Å². The van der Waals surface area contributed by atoms with Gasteiger partial charge in [0.2, 0.25) is 0 Å². The van der Waals surface area contributed by atoms with E-state index in [1.165, 1.54) is 36.8 Å². The van der Waals surface area contributed by atoms with Crippen molar-refractivity contribution >= 4 is 12.4 Å². The van der Waals surface area contributed by atoms with Crippen LogP contribution in [0.3, 0.4) is 0 Å². The van der Waals surface area contributed by atoms with Gasteiger partial charge in [0, 0.05) is 30.2 Å². The lowest BCUT2D eigenvalue weighted by Gasteiger charge is -2.35. The molecule has 2 atom stereocenters. The monoisotopic (exact) mass is 310 g/mol. The number of hydrogen-bond acceptors (Lipinski definition) is 3. The van der Waals surface area contributed by atoms with Crippen molar-refractivity contribution in [1.82, 2.24) is 10.2 Å². The van der Waals surface area contributed by atoms with Crippen molar-refractivity contribution in [3.05, 3.63) is 29.3 Å². The zero-order chi connectivity index (χ0) is 14.1. The van der Waals surface area contributed by atoms with Crippen LogP contribution < -0.4 is 10.1 Å². The Morgan fingerprint density at radius 1 is 1.24 bits per heavy atom. The van der Waals surface area contributed by atoms with E-state index in [0.717, 1.165) is 24.4 Å². The molecule has 3 nitrogen and oxygen atoms in total. The maximum absolute atomic E-state index is 5.50. The molecular weight excluding hydrogens is 284 g/mol. The molecule has 0 spiro atoms. The molecule has 21 heavy (non-hydrogen) atoms. The topological polar surface area (TPSA) is 24.5 Å². The largest absolute Gasteiger partial charge is 0.496 e. The maximum atomic E-state index is 5.50. The summed E-state index contributed by atoms with van der Waals surface area (Å²) < 4.78 is 5.50. The van der Waals surface area contributed by atoms with E-state index in [1.807, 2.05) is 0 Å². The molecule has 4 heteroatoms. The molecule has 0 aliphatic carbocycles. The third kappa shape index (κ3) is 3.71. The number of halogens is 1. The lowest BCUT2D eigenvalue weighted by Crippen LogP contribution is -2.46. The standard InChI is InChI=1S/C17H26N2O.ClH/c1-12-4-7-17(20-3)13(8-12)11-19(2)16-9-14-5-6-15(10-16)18-14;/h4,7-8,14-16,18H,5-6,9-11H2,1-3H3;1H. The Bertz CT molecular complexity index is 468. The molecular formula is C17H27ClN2O. The number of hydrogen-bond donors (Lipinski definition) is 1. The number of ether oxygens (including phenoxy) is 1. The first-order chi connectivity index (χ1) is 9.65. The number of methoxy groups -OCH3 is 1. The molecule has 2 heterocycles. The molecule has 118 valence electrons. The summed E-state index contributed by atoms with van der Waals surface area (Å²) in [5.41, 5.74) is 2.61. The lowest BCUT2D eigenvalue weighted by atomic mass is 9.98. The SMILES string of the molecule is COc1ccc(C)cc1CN(C)C1CC2CCC(C1)N2.Cl. The molecule has 1 aromatic rings. The first kappa shape index (κ1) is 16.6. The van der Waals surface area contributed by atoms with E-state index >= 15 is 0 Å². The quantitative estimate of drug-likeness (QED) is 0.924. The minimum Gasteiger partial charge on any atom is -0.496 e. The molecule has 1 aromatic carbocycles. The molecule has 2 saturated heterocycles. The number of piperidine rings is 1. The number of aryl methyl sites for hydroxylation is 1. The highest BCUT2D eigenvalue weighted by Gasteiger charge is 2.35. The van der Waals surface area contributed by atoms with Crippen molar-refractivity contribution in [3.8, 4) is 5.75 Å². The fraction of sp³-hybridized carbons (Fsp3) is 0.647. The fourth-order valence-electron chi connectivity index (χ4n) is 3.82. The summed E-state index contributed by atoms with van der Waals surface area (Å²) in [6.45, 7) is 3.13. The zero-order valence-corrected chi connectivity index (χ0v) is 14.1. The molecule has 2 bridgehead atoms. The summed E-state index contributed by atoms with van der Waals surface area (Å²) in [4.78, 5) is 2.52. The lowest BCUT2D eigenvalue weighted by molar-refractivity contribution is 0.164. The Kier molecular flexibility index (Phi) is 5.53. The van der Waals surface area contributed by atoms with E-state index in [1.54, 1.807) is 7.11 Å². The van der Waals surface area contributed by atoms with E-state index in [-0.39, 0.29) is 12.4 Å². The van der Waals surface area contributed by atoms with E-state index in [4.69, 9.17) is 4.74 Å². The second kappa shape index (κ2) is 6.99. The van der Waals surface area contributed by atoms with Gasteiger partial charge in [-0.15, -0.1) is 12.4 Å². The minimum atomic E-state index is 0. The van der Waals surface area contributed by atoms with Crippen LogP contribution in [0.15, 0.2) is 18.2 Å². The van der Waals surface area contributed by atoms with Gasteiger partial charge in [0.25, 0.3) is 0 Å². The Hall–Kier alpha value is -0.770. The predicted octanol–water partition coefficient (Wildman–Crippen LogP) is 3.14. The Balaban J connectivity index is 0.00000161. The highest BCUT2D eigenvalue weighted by Crippen LogP contribution is 2.31. The minimum absolute atomic E-state index is 0. The van der Waals surface area contributed by atoms with Gasteiger partial charge in [-0.1, -0.05) is 17.7 Å². The van der Waals surface area contributed by atoms with Gasteiger partial charge in [0.1, 0.15) is 5.75 Å². The first-order valence-electron chi connectivity index (χ1n) is 7.75. The van der Waals surface area contributed by atoms with Gasteiger partial charge < -0.3 is 10.1 Å². The third-order valence-electron chi connectivity index (χ3n) is 4.93. The van der Waals surface area contributed by atoms with E-state index in [0.29, 0.717) is 6.04 Å². The van der Waals surface area contributed by atoms with Gasteiger partial charge in [-0.25, -0.2) is 0 Å². The van der Waals surface area contributed by atoms with Crippen LogP contribution in [0.2, 0.25) is 0 Å². The number of benzene rings is 1. The third-order valence-corrected chi connectivity index (χ3v) is 4.93. The van der Waals surface area contributed by atoms with Crippen LogP contribution >= 0.6 is 12.4 Å². The summed E-state index contributed by atoms with van der Waals surface area (Å²) >= 11 is 0. The van der Waals surface area contributed by atoms with Crippen LogP contribution in [-0.2, 0) is 6.54 Å². The molecule has 2 fully saturated rings. The molecule has 2 aliphatic heterocycles. The molecule has 0 aromatic heterocycles. The molecule has 2 aliphatic rings. The predicted molar refractivity (Wildman–Crippen MR) is 89.4 cm³/mol. The van der Waals surface area contributed by atoms with Crippen molar-refractivity contribution in [2.24, 2.45) is 0 Å². The van der Waals surface area contributed by atoms with Gasteiger partial charge in [-0.2, -0.15) is 0 Å². The average Bonchev–Trinajstić information content (AvgIpc) is 2.77. The summed E-state index contributed by atoms with van der Waals surface area (Å²) in [5.74, 6) is 1.01. The number of nitrogens with one attached hydrogen (secondary N) is 1. The van der Waals surface area contributed by atoms with Gasteiger partial charge in [-0.3, -0.25) is 4.90 Å². The van der Waals surface area contributed by atoms with Gasteiger partial charge >= 0.3 is 0 Å². The van der Waals surface area contributed by atoms with E-state index in [2.05, 4.69) is 42.4 Å². The van der Waals surface area contributed by atoms with Crippen LogP contribution in [0.1, 0.15) is 36.8 Å². The molecule has 0 amide bonds. The first-order valence-corrected chi connectivity index (χ1v) is 7.75. The smallest absolute Gasteiger partial charge is 0.123 e. The van der Waals surface area contributed by atoms with Crippen LogP contribution in [0.25, 0.3) is 0 Å². The summed E-state index contributed by atoms with van der Waals surface area (Å²) in [7, 11) is 4.02. The molecule has 0 radical (unpaired) electrons. The van der Waals surface area contributed by atoms with Gasteiger partial charge in [-0.05, 0) is 45.7 Å². The maximum Gasteiger partial charge on any atom is 0.123 e. The molecule has 0 saturated carbocycles. The number of rotatable bonds is 4. The average molecular weight is 311 g/mol. The van der Waals surface area contributed by atoms with Crippen LogP contribution in [0.5, 0.6) is 5.75 Å². The Morgan fingerprint density at radius 3 is 2.52 bits per heavy atom. The Labute approximate surface area is 134 Å². The van der Waals surface area contributed by atoms with Crippen molar-refractivity contribution in [1.29, 1.82) is 0 Å². The second-order valence-corrected chi connectivity index (χ2v) is 6.49. The van der Waals surface area contributed by atoms with E-state index in [9.17, 15) is 0 Å². The summed E-state index contributed by atoms with van der Waals surface area (Å²) in [6, 6.07) is 8.67. The van der Waals surface area contributed by atoms with Crippen LogP contribution in [0, 0.1) is 6.92 Å². The zero-order valence-electron chi connectivity index (χ0n) is 13.3. The number of fused-ring (bicyclic) bond motifs is 2. The molecule has 1 N–H and O–H groups in total. The molecule has 2 unspecified atom stereocenters. The van der Waals surface area contributed by atoms with Crippen LogP contribution in [0.4, 0.5) is 0 Å². The highest BCUT2D eigenvalue weighted by molar-refractivity contribution is 5.85. The summed E-state index contributed by atoms with van der Waals surface area (Å²) in [6.07, 6.45) is 5.31. The second-order valence-electron chi connectivity index (χ2n) is 6.49. The number of nitrogens with zero attached hydrogens (tertiary/aromatic N) is 1. The van der Waals surface area contributed by atoms with Crippen molar-refractivity contribution in [2.45, 2.75) is 57.3 Å². The highest BCUT2D eigenvalue weighted by atomic mass is 35.5. The molecule has 3 rings (SSSR count). The van der Waals surface area contributed by atoms with Gasteiger partial charge in [0.15, 0.2) is 0 Å². The summed E-state index contributed by atoms with van der Waals surface area (Å²) in [5, 5.41) is 3.72. The normalized spacial score (nSPS) is 27.5. The van der Waals surface area contributed by atoms with Gasteiger partial charge in [0.05, 0.1) is 7.11 Å². The van der Waals surface area contributed by atoms with Crippen molar-refractivity contribution in [3.63, 3.8) is 0 Å². The fourth-order valence-corrected chi connectivity index (χ4v) is 3.82. The van der Waals surface area contributed by atoms with E-state index < -0.39 is 0 Å². The Morgan fingerprint density at radius 2 is 1.90 bits per heavy atom.